The fourth-order valence-electron chi connectivity index (χ4n) is 4.73. The summed E-state index contributed by atoms with van der Waals surface area (Å²) in [5, 5.41) is 1.11. The number of benzene rings is 3. The third kappa shape index (κ3) is 4.88. The first-order valence-electron chi connectivity index (χ1n) is 12.2. The fraction of sp³-hybridized carbons (Fsp3) is 0.276. The van der Waals surface area contributed by atoms with E-state index in [1.807, 2.05) is 49.1 Å². The molecule has 1 aliphatic rings. The number of carbonyl (C=O) groups is 1. The fourth-order valence-corrected chi connectivity index (χ4v) is 5.64. The van der Waals surface area contributed by atoms with Gasteiger partial charge in [0.25, 0.3) is 5.56 Å². The summed E-state index contributed by atoms with van der Waals surface area (Å²) in [6, 6.07) is 21.9. The van der Waals surface area contributed by atoms with Crippen molar-refractivity contribution in [2.45, 2.75) is 25.9 Å². The summed E-state index contributed by atoms with van der Waals surface area (Å²) in [6.07, 6.45) is 0. The van der Waals surface area contributed by atoms with Gasteiger partial charge in [0.1, 0.15) is 0 Å². The minimum atomic E-state index is -0.116. The van der Waals surface area contributed by atoms with Crippen LogP contribution in [0.5, 0.6) is 0 Å². The Hall–Kier alpha value is -3.58. The van der Waals surface area contributed by atoms with Gasteiger partial charge < -0.3 is 9.80 Å². The quantitative estimate of drug-likeness (QED) is 0.294. The highest BCUT2D eigenvalue weighted by Crippen LogP contribution is 2.25. The maximum atomic E-state index is 13.5. The zero-order valence-corrected chi connectivity index (χ0v) is 21.7. The highest BCUT2D eigenvalue weighted by molar-refractivity contribution is 7.99. The first-order chi connectivity index (χ1) is 17.4. The molecule has 5 rings (SSSR count). The van der Waals surface area contributed by atoms with Crippen LogP contribution in [0.3, 0.4) is 0 Å². The van der Waals surface area contributed by atoms with Crippen molar-refractivity contribution < 1.29 is 4.79 Å². The number of amides is 1. The predicted molar refractivity (Wildman–Crippen MR) is 148 cm³/mol. The second kappa shape index (κ2) is 10.2. The molecule has 1 amide bonds. The molecule has 1 aliphatic heterocycles. The number of hydrogen-bond acceptors (Lipinski definition) is 5. The lowest BCUT2D eigenvalue weighted by Crippen LogP contribution is -2.49. The number of para-hydroxylation sites is 1. The average molecular weight is 499 g/mol. The van der Waals surface area contributed by atoms with Gasteiger partial charge in [0.15, 0.2) is 5.16 Å². The lowest BCUT2D eigenvalue weighted by molar-refractivity contribution is -0.128. The van der Waals surface area contributed by atoms with E-state index in [0.29, 0.717) is 29.1 Å². The second-order valence-corrected chi connectivity index (χ2v) is 10.3. The Kier molecular flexibility index (Phi) is 6.83. The summed E-state index contributed by atoms with van der Waals surface area (Å²) in [5.41, 5.74) is 5.89. The van der Waals surface area contributed by atoms with Crippen LogP contribution in [0.1, 0.15) is 16.7 Å². The summed E-state index contributed by atoms with van der Waals surface area (Å²) in [6.45, 7) is 9.11. The number of anilines is 1. The summed E-state index contributed by atoms with van der Waals surface area (Å²) in [7, 11) is 0. The Balaban J connectivity index is 1.36. The molecule has 0 bridgehead atoms. The lowest BCUT2D eigenvalue weighted by Gasteiger charge is -2.36. The first-order valence-corrected chi connectivity index (χ1v) is 13.2. The van der Waals surface area contributed by atoms with Crippen molar-refractivity contribution in [1.29, 1.82) is 0 Å². The molecule has 1 fully saturated rings. The molecule has 1 aromatic heterocycles. The van der Waals surface area contributed by atoms with Gasteiger partial charge in [0.05, 0.1) is 22.3 Å². The number of fused-ring (bicyclic) bond motifs is 1. The van der Waals surface area contributed by atoms with Crippen molar-refractivity contribution in [2.75, 3.05) is 36.8 Å². The van der Waals surface area contributed by atoms with Gasteiger partial charge in [-0.1, -0.05) is 53.7 Å². The van der Waals surface area contributed by atoms with Crippen LogP contribution in [0.15, 0.2) is 76.7 Å². The third-order valence-electron chi connectivity index (χ3n) is 6.66. The van der Waals surface area contributed by atoms with Gasteiger partial charge in [-0.2, -0.15) is 0 Å². The second-order valence-electron chi connectivity index (χ2n) is 9.34. The molecule has 7 heteroatoms. The molecule has 36 heavy (non-hydrogen) atoms. The smallest absolute Gasteiger partial charge is 0.266 e. The van der Waals surface area contributed by atoms with Gasteiger partial charge in [-0.3, -0.25) is 14.2 Å². The predicted octanol–water partition coefficient (Wildman–Crippen LogP) is 4.75. The number of thioether (sulfide) groups is 1. The summed E-state index contributed by atoms with van der Waals surface area (Å²) >= 11 is 1.33. The van der Waals surface area contributed by atoms with Gasteiger partial charge in [-0.05, 0) is 62.2 Å². The van der Waals surface area contributed by atoms with E-state index in [0.717, 1.165) is 29.9 Å². The summed E-state index contributed by atoms with van der Waals surface area (Å²) in [4.78, 5) is 35.7. The normalized spacial score (nSPS) is 13.9. The molecule has 1 saturated heterocycles. The van der Waals surface area contributed by atoms with Gasteiger partial charge in [-0.25, -0.2) is 4.98 Å². The highest BCUT2D eigenvalue weighted by Gasteiger charge is 2.23. The van der Waals surface area contributed by atoms with Gasteiger partial charge in [0.2, 0.25) is 5.91 Å². The van der Waals surface area contributed by atoms with Crippen LogP contribution in [-0.4, -0.2) is 52.3 Å². The minimum Gasteiger partial charge on any atom is -0.368 e. The molecule has 4 aromatic rings. The van der Waals surface area contributed by atoms with E-state index in [-0.39, 0.29) is 17.2 Å². The molecule has 0 aliphatic carbocycles. The Morgan fingerprint density at radius 1 is 0.889 bits per heavy atom. The molecule has 6 nitrogen and oxygen atoms in total. The zero-order valence-electron chi connectivity index (χ0n) is 20.9. The molecule has 0 N–H and O–H groups in total. The monoisotopic (exact) mass is 498 g/mol. The number of rotatable bonds is 5. The van der Waals surface area contributed by atoms with E-state index in [2.05, 4.69) is 42.2 Å². The average Bonchev–Trinajstić information content (AvgIpc) is 2.88. The largest absolute Gasteiger partial charge is 0.368 e. The maximum Gasteiger partial charge on any atom is 0.266 e. The Morgan fingerprint density at radius 3 is 2.39 bits per heavy atom. The van der Waals surface area contributed by atoms with Crippen LogP contribution >= 0.6 is 11.8 Å². The van der Waals surface area contributed by atoms with Gasteiger partial charge >= 0.3 is 0 Å². The molecule has 2 heterocycles. The highest BCUT2D eigenvalue weighted by atomic mass is 32.2. The molecule has 3 aromatic carbocycles. The van der Waals surface area contributed by atoms with Crippen molar-refractivity contribution in [3.63, 3.8) is 0 Å². The number of nitrogens with zero attached hydrogens (tertiary/aromatic N) is 4. The molecule has 0 spiro atoms. The minimum absolute atomic E-state index is 0.0680. The van der Waals surface area contributed by atoms with Crippen molar-refractivity contribution >= 4 is 34.3 Å². The Bertz CT molecular complexity index is 1490. The Morgan fingerprint density at radius 2 is 1.64 bits per heavy atom. The van der Waals surface area contributed by atoms with Crippen LogP contribution in [-0.2, 0) is 4.79 Å². The van der Waals surface area contributed by atoms with Crippen LogP contribution in [0.4, 0.5) is 5.69 Å². The standard InChI is InChI=1S/C29H30N4O2S/c1-20-7-6-8-23(18-20)31-13-15-32(16-14-31)27(34)19-36-29-30-25-10-5-4-9-24(25)28(35)33(29)26-12-11-21(2)17-22(26)3/h4-12,17-18H,13-16,19H2,1-3H3. The van der Waals surface area contributed by atoms with Crippen LogP contribution in [0, 0.1) is 20.8 Å². The first kappa shape index (κ1) is 24.1. The summed E-state index contributed by atoms with van der Waals surface area (Å²) in [5.74, 6) is 0.304. The van der Waals surface area contributed by atoms with E-state index in [1.165, 1.54) is 23.0 Å². The van der Waals surface area contributed by atoms with E-state index in [1.54, 1.807) is 10.6 Å². The lowest BCUT2D eigenvalue weighted by atomic mass is 10.1. The third-order valence-corrected chi connectivity index (χ3v) is 7.59. The Labute approximate surface area is 215 Å². The SMILES string of the molecule is Cc1cccc(N2CCN(C(=O)CSc3nc4ccccc4c(=O)n3-c3ccc(C)cc3C)CC2)c1. The summed E-state index contributed by atoms with van der Waals surface area (Å²) < 4.78 is 1.66. The number of aromatic nitrogens is 2. The number of piperazine rings is 1. The van der Waals surface area contributed by atoms with Crippen LogP contribution in [0.2, 0.25) is 0 Å². The molecule has 184 valence electrons. The van der Waals surface area contributed by atoms with Crippen LogP contribution in [0.25, 0.3) is 16.6 Å². The van der Waals surface area contributed by atoms with E-state index >= 15 is 0 Å². The van der Waals surface area contributed by atoms with Crippen molar-refractivity contribution in [2.24, 2.45) is 0 Å². The van der Waals surface area contributed by atoms with E-state index in [4.69, 9.17) is 4.98 Å². The van der Waals surface area contributed by atoms with E-state index < -0.39 is 0 Å². The number of carbonyl (C=O) groups excluding carboxylic acids is 1. The topological polar surface area (TPSA) is 58.4 Å². The van der Waals surface area contributed by atoms with Gasteiger partial charge in [-0.15, -0.1) is 0 Å². The van der Waals surface area contributed by atoms with Crippen LogP contribution < -0.4 is 10.5 Å². The van der Waals surface area contributed by atoms with Gasteiger partial charge in [0, 0.05) is 31.9 Å². The molecule has 0 atom stereocenters. The van der Waals surface area contributed by atoms with Crippen molar-refractivity contribution in [3.8, 4) is 5.69 Å². The molecule has 0 unspecified atom stereocenters. The zero-order chi connectivity index (χ0) is 25.2. The molecular weight excluding hydrogens is 468 g/mol. The van der Waals surface area contributed by atoms with Crippen molar-refractivity contribution in [3.05, 3.63) is 93.8 Å². The molecular formula is C29H30N4O2S. The van der Waals surface area contributed by atoms with E-state index in [9.17, 15) is 9.59 Å². The number of aryl methyl sites for hydroxylation is 3. The molecule has 0 saturated carbocycles. The number of hydrogen-bond donors (Lipinski definition) is 0. The van der Waals surface area contributed by atoms with Crippen molar-refractivity contribution in [1.82, 2.24) is 14.5 Å². The maximum absolute atomic E-state index is 13.5. The molecule has 0 radical (unpaired) electrons.